The number of cyclic esters (lactones) is 1. The number of hydrogen-bond donors (Lipinski definition) is 1. The molecule has 1 heterocycles. The van der Waals surface area contributed by atoms with Crippen molar-refractivity contribution in [3.05, 3.63) is 12.7 Å². The van der Waals surface area contributed by atoms with Gasteiger partial charge in [-0.1, -0.05) is 13.0 Å². The lowest BCUT2D eigenvalue weighted by Crippen LogP contribution is -2.24. The van der Waals surface area contributed by atoms with Crippen LogP contribution in [-0.4, -0.2) is 17.4 Å². The molecule has 1 saturated heterocycles. The van der Waals surface area contributed by atoms with Crippen LogP contribution in [0.1, 0.15) is 26.2 Å². The number of ether oxygens (including phenoxy) is 1. The Balaban J connectivity index is 2.78. The highest BCUT2D eigenvalue weighted by Gasteiger charge is 2.46. The Labute approximate surface area is 72.0 Å². The smallest absolute Gasteiger partial charge is 0.314 e. The average Bonchev–Trinajstić information content (AvgIpc) is 2.28. The zero-order valence-electron chi connectivity index (χ0n) is 7.25. The van der Waals surface area contributed by atoms with E-state index in [0.717, 1.165) is 0 Å². The molecule has 68 valence electrons. The van der Waals surface area contributed by atoms with Gasteiger partial charge in [-0.3, -0.25) is 4.79 Å². The van der Waals surface area contributed by atoms with Crippen molar-refractivity contribution in [2.45, 2.75) is 32.5 Å². The van der Waals surface area contributed by atoms with Gasteiger partial charge in [0.2, 0.25) is 6.29 Å². The van der Waals surface area contributed by atoms with Crippen LogP contribution in [0, 0.1) is 5.41 Å². The number of carbonyl (C=O) groups excluding carboxylic acids is 1. The molecule has 0 saturated carbocycles. The van der Waals surface area contributed by atoms with Crippen LogP contribution in [-0.2, 0) is 9.53 Å². The summed E-state index contributed by atoms with van der Waals surface area (Å²) in [5.41, 5.74) is -0.513. The van der Waals surface area contributed by atoms with Gasteiger partial charge in [-0.2, -0.15) is 0 Å². The standard InChI is InChI=1S/C9H14O3/c1-3-5-9(4-2)6-7(10)12-8(9)11/h3,7,10H,1,4-6H2,2H3/t7?,9-/m0/s1. The van der Waals surface area contributed by atoms with Gasteiger partial charge in [0.05, 0.1) is 5.41 Å². The van der Waals surface area contributed by atoms with Crippen molar-refractivity contribution >= 4 is 5.97 Å². The van der Waals surface area contributed by atoms with E-state index < -0.39 is 11.7 Å². The Morgan fingerprint density at radius 3 is 2.92 bits per heavy atom. The third kappa shape index (κ3) is 1.37. The number of carbonyl (C=O) groups is 1. The molecule has 0 bridgehead atoms. The Kier molecular flexibility index (Phi) is 2.52. The summed E-state index contributed by atoms with van der Waals surface area (Å²) in [7, 11) is 0. The molecule has 0 aromatic carbocycles. The highest BCUT2D eigenvalue weighted by molar-refractivity contribution is 5.79. The van der Waals surface area contributed by atoms with Crippen molar-refractivity contribution in [3.63, 3.8) is 0 Å². The molecule has 3 nitrogen and oxygen atoms in total. The molecule has 0 amide bonds. The first-order chi connectivity index (χ1) is 5.64. The average molecular weight is 170 g/mol. The van der Waals surface area contributed by atoms with Crippen LogP contribution in [0.25, 0.3) is 0 Å². The summed E-state index contributed by atoms with van der Waals surface area (Å²) in [6.07, 6.45) is 2.45. The van der Waals surface area contributed by atoms with Crippen molar-refractivity contribution in [1.29, 1.82) is 0 Å². The predicted octanol–water partition coefficient (Wildman–Crippen LogP) is 1.22. The lowest BCUT2D eigenvalue weighted by Gasteiger charge is -2.19. The van der Waals surface area contributed by atoms with Crippen LogP contribution in [0.2, 0.25) is 0 Å². The van der Waals surface area contributed by atoms with E-state index in [1.165, 1.54) is 0 Å². The molecule has 1 aliphatic heterocycles. The Morgan fingerprint density at radius 2 is 2.58 bits per heavy atom. The third-order valence-electron chi connectivity index (χ3n) is 2.45. The minimum Gasteiger partial charge on any atom is -0.435 e. The summed E-state index contributed by atoms with van der Waals surface area (Å²) in [6.45, 7) is 5.51. The third-order valence-corrected chi connectivity index (χ3v) is 2.45. The fraction of sp³-hybridized carbons (Fsp3) is 0.667. The van der Waals surface area contributed by atoms with Gasteiger partial charge in [-0.15, -0.1) is 6.58 Å². The number of aliphatic hydroxyl groups is 1. The Bertz CT molecular complexity index is 200. The molecule has 0 aliphatic carbocycles. The largest absolute Gasteiger partial charge is 0.435 e. The summed E-state index contributed by atoms with van der Waals surface area (Å²) in [4.78, 5) is 11.3. The van der Waals surface area contributed by atoms with E-state index in [2.05, 4.69) is 11.3 Å². The molecule has 0 radical (unpaired) electrons. The van der Waals surface area contributed by atoms with E-state index in [1.807, 2.05) is 6.92 Å². The molecule has 2 atom stereocenters. The number of esters is 1. The Morgan fingerprint density at radius 1 is 1.92 bits per heavy atom. The second-order valence-electron chi connectivity index (χ2n) is 3.19. The number of aliphatic hydroxyl groups excluding tert-OH is 1. The maximum absolute atomic E-state index is 11.3. The van der Waals surface area contributed by atoms with E-state index in [1.54, 1.807) is 6.08 Å². The summed E-state index contributed by atoms with van der Waals surface area (Å²) < 4.78 is 4.69. The van der Waals surface area contributed by atoms with Crippen molar-refractivity contribution in [3.8, 4) is 0 Å². The van der Waals surface area contributed by atoms with Gasteiger partial charge in [-0.25, -0.2) is 0 Å². The van der Waals surface area contributed by atoms with Crippen molar-refractivity contribution in [2.24, 2.45) is 5.41 Å². The van der Waals surface area contributed by atoms with E-state index in [0.29, 0.717) is 19.3 Å². The van der Waals surface area contributed by atoms with Crippen LogP contribution < -0.4 is 0 Å². The lowest BCUT2D eigenvalue weighted by molar-refractivity contribution is -0.158. The number of allylic oxidation sites excluding steroid dienone is 1. The first-order valence-electron chi connectivity index (χ1n) is 4.14. The molecular formula is C9H14O3. The van der Waals surface area contributed by atoms with Gasteiger partial charge in [-0.05, 0) is 12.8 Å². The van der Waals surface area contributed by atoms with Gasteiger partial charge in [0.25, 0.3) is 0 Å². The second-order valence-corrected chi connectivity index (χ2v) is 3.19. The lowest BCUT2D eigenvalue weighted by atomic mass is 9.80. The van der Waals surface area contributed by atoms with Crippen molar-refractivity contribution in [1.82, 2.24) is 0 Å². The molecule has 1 rings (SSSR count). The maximum Gasteiger partial charge on any atom is 0.314 e. The molecule has 1 aliphatic rings. The topological polar surface area (TPSA) is 46.5 Å². The number of hydrogen-bond acceptors (Lipinski definition) is 3. The summed E-state index contributed by atoms with van der Waals surface area (Å²) in [5.74, 6) is -0.294. The van der Waals surface area contributed by atoms with Gasteiger partial charge >= 0.3 is 5.97 Å². The quantitative estimate of drug-likeness (QED) is 0.511. The first kappa shape index (κ1) is 9.26. The molecule has 12 heavy (non-hydrogen) atoms. The van der Waals surface area contributed by atoms with Crippen LogP contribution in [0.5, 0.6) is 0 Å². The van der Waals surface area contributed by atoms with E-state index in [4.69, 9.17) is 5.11 Å². The van der Waals surface area contributed by atoms with Gasteiger partial charge in [0.1, 0.15) is 0 Å². The van der Waals surface area contributed by atoms with E-state index >= 15 is 0 Å². The molecule has 1 fully saturated rings. The fourth-order valence-electron chi connectivity index (χ4n) is 1.58. The minimum absolute atomic E-state index is 0.294. The predicted molar refractivity (Wildman–Crippen MR) is 44.3 cm³/mol. The fourth-order valence-corrected chi connectivity index (χ4v) is 1.58. The van der Waals surface area contributed by atoms with Crippen LogP contribution in [0.15, 0.2) is 12.7 Å². The van der Waals surface area contributed by atoms with Crippen LogP contribution in [0.3, 0.4) is 0 Å². The highest BCUT2D eigenvalue weighted by Crippen LogP contribution is 2.39. The number of rotatable bonds is 3. The molecule has 1 N–H and O–H groups in total. The zero-order valence-corrected chi connectivity index (χ0v) is 7.25. The maximum atomic E-state index is 11.3. The van der Waals surface area contributed by atoms with E-state index in [-0.39, 0.29) is 5.97 Å². The highest BCUT2D eigenvalue weighted by atomic mass is 16.6. The van der Waals surface area contributed by atoms with Gasteiger partial charge in [0.15, 0.2) is 0 Å². The summed E-state index contributed by atoms with van der Waals surface area (Å²) >= 11 is 0. The first-order valence-corrected chi connectivity index (χ1v) is 4.14. The second kappa shape index (κ2) is 3.27. The molecule has 1 unspecified atom stereocenters. The van der Waals surface area contributed by atoms with Crippen LogP contribution >= 0.6 is 0 Å². The van der Waals surface area contributed by atoms with Crippen molar-refractivity contribution in [2.75, 3.05) is 0 Å². The zero-order chi connectivity index (χ0) is 9.19. The van der Waals surface area contributed by atoms with Gasteiger partial charge in [0, 0.05) is 6.42 Å². The van der Waals surface area contributed by atoms with Crippen LogP contribution in [0.4, 0.5) is 0 Å². The van der Waals surface area contributed by atoms with E-state index in [9.17, 15) is 4.79 Å². The summed E-state index contributed by atoms with van der Waals surface area (Å²) in [5, 5.41) is 9.12. The van der Waals surface area contributed by atoms with Crippen molar-refractivity contribution < 1.29 is 14.6 Å². The molecule has 0 spiro atoms. The Hall–Kier alpha value is -0.830. The minimum atomic E-state index is -0.919. The molecule has 3 heteroatoms. The SMILES string of the molecule is C=CC[C@@]1(CC)CC(O)OC1=O. The molecular weight excluding hydrogens is 156 g/mol. The normalized spacial score (nSPS) is 34.8. The summed E-state index contributed by atoms with van der Waals surface area (Å²) in [6, 6.07) is 0. The molecule has 0 aromatic heterocycles. The monoisotopic (exact) mass is 170 g/mol. The molecule has 0 aromatic rings. The van der Waals surface area contributed by atoms with Gasteiger partial charge < -0.3 is 9.84 Å².